The number of ketones is 1. The average molecular weight is 300 g/mol. The summed E-state index contributed by atoms with van der Waals surface area (Å²) in [5.41, 5.74) is 3.67. The Morgan fingerprint density at radius 2 is 1.95 bits per heavy atom. The van der Waals surface area contributed by atoms with Gasteiger partial charge in [-0.1, -0.05) is 6.07 Å². The molecule has 0 saturated carbocycles. The van der Waals surface area contributed by atoms with Crippen molar-refractivity contribution < 1.29 is 9.59 Å². The molecule has 1 aliphatic rings. The zero-order valence-electron chi connectivity index (χ0n) is 11.8. The largest absolute Gasteiger partial charge is 0.298 e. The Kier molecular flexibility index (Phi) is 3.84. The second kappa shape index (κ2) is 5.77. The van der Waals surface area contributed by atoms with Crippen molar-refractivity contribution in [2.75, 3.05) is 5.32 Å². The zero-order valence-corrected chi connectivity index (χ0v) is 12.6. The molecule has 108 valence electrons. The van der Waals surface area contributed by atoms with E-state index in [4.69, 9.17) is 0 Å². The van der Waals surface area contributed by atoms with E-state index in [1.165, 1.54) is 42.2 Å². The molecule has 1 aliphatic carbocycles. The quantitative estimate of drug-likeness (QED) is 0.883. The fourth-order valence-corrected chi connectivity index (χ4v) is 3.28. The van der Waals surface area contributed by atoms with Crippen molar-refractivity contribution >= 4 is 28.2 Å². The lowest BCUT2D eigenvalue weighted by Gasteiger charge is -2.16. The molecule has 1 aromatic heterocycles. The summed E-state index contributed by atoms with van der Waals surface area (Å²) in [6.45, 7) is 1.46. The lowest BCUT2D eigenvalue weighted by atomic mass is 9.90. The topological polar surface area (TPSA) is 59.1 Å². The van der Waals surface area contributed by atoms with Crippen molar-refractivity contribution in [1.82, 2.24) is 4.98 Å². The van der Waals surface area contributed by atoms with Crippen molar-refractivity contribution in [3.63, 3.8) is 0 Å². The van der Waals surface area contributed by atoms with Crippen molar-refractivity contribution in [3.05, 3.63) is 46.0 Å². The van der Waals surface area contributed by atoms with Gasteiger partial charge in [-0.05, 0) is 48.9 Å². The number of rotatable bonds is 3. The van der Waals surface area contributed by atoms with E-state index in [-0.39, 0.29) is 11.7 Å². The number of nitrogens with one attached hydrogen (secondary N) is 1. The fraction of sp³-hybridized carbons (Fsp3) is 0.312. The third-order valence-corrected chi connectivity index (χ3v) is 4.45. The molecule has 0 fully saturated rings. The van der Waals surface area contributed by atoms with Gasteiger partial charge in [-0.2, -0.15) is 0 Å². The van der Waals surface area contributed by atoms with Crippen molar-refractivity contribution in [2.45, 2.75) is 32.6 Å². The Bertz CT molecular complexity index is 706. The number of Topliss-reactive ketones (excluding diaryl/α,β-unsaturated/α-hetero) is 1. The highest BCUT2D eigenvalue weighted by atomic mass is 32.1. The number of nitrogens with zero attached hydrogens (tertiary/aromatic N) is 1. The van der Waals surface area contributed by atoms with E-state index in [0.29, 0.717) is 16.4 Å². The van der Waals surface area contributed by atoms with Crippen LogP contribution in [-0.4, -0.2) is 16.7 Å². The average Bonchev–Trinajstić information content (AvgIpc) is 2.95. The van der Waals surface area contributed by atoms with Gasteiger partial charge in [-0.3, -0.25) is 14.9 Å². The van der Waals surface area contributed by atoms with E-state index in [2.05, 4.69) is 10.3 Å². The highest BCUT2D eigenvalue weighted by Crippen LogP contribution is 2.23. The summed E-state index contributed by atoms with van der Waals surface area (Å²) < 4.78 is 0. The molecule has 0 saturated heterocycles. The van der Waals surface area contributed by atoms with Crippen molar-refractivity contribution in [3.8, 4) is 0 Å². The van der Waals surface area contributed by atoms with Crippen LogP contribution in [0.25, 0.3) is 0 Å². The molecule has 1 heterocycles. The summed E-state index contributed by atoms with van der Waals surface area (Å²) in [6.07, 6.45) is 4.56. The molecule has 0 spiro atoms. The Balaban J connectivity index is 1.77. The molecule has 1 N–H and O–H groups in total. The Labute approximate surface area is 127 Å². The molecule has 1 amide bonds. The number of aromatic nitrogens is 1. The normalized spacial score (nSPS) is 13.6. The Morgan fingerprint density at radius 3 is 2.67 bits per heavy atom. The first-order valence-corrected chi connectivity index (χ1v) is 7.91. The number of amides is 1. The van der Waals surface area contributed by atoms with Crippen LogP contribution < -0.4 is 5.32 Å². The summed E-state index contributed by atoms with van der Waals surface area (Å²) in [5, 5.41) is 4.88. The van der Waals surface area contributed by atoms with Crippen molar-refractivity contribution in [1.29, 1.82) is 0 Å². The van der Waals surface area contributed by atoms with E-state index in [1.807, 2.05) is 18.2 Å². The number of thiazole rings is 1. The molecule has 0 unspecified atom stereocenters. The molecule has 3 rings (SSSR count). The molecule has 0 bridgehead atoms. The highest BCUT2D eigenvalue weighted by Gasteiger charge is 2.14. The van der Waals surface area contributed by atoms with Gasteiger partial charge >= 0.3 is 0 Å². The minimum Gasteiger partial charge on any atom is -0.298 e. The molecule has 2 aromatic rings. The molecule has 21 heavy (non-hydrogen) atoms. The number of aryl methyl sites for hydroxylation is 2. The summed E-state index contributed by atoms with van der Waals surface area (Å²) in [7, 11) is 0. The van der Waals surface area contributed by atoms with Gasteiger partial charge in [0.25, 0.3) is 5.91 Å². The zero-order chi connectivity index (χ0) is 14.8. The maximum Gasteiger partial charge on any atom is 0.257 e. The Hall–Kier alpha value is -2.01. The number of hydrogen-bond donors (Lipinski definition) is 1. The first kappa shape index (κ1) is 13.9. The van der Waals surface area contributed by atoms with Crippen LogP contribution in [0.5, 0.6) is 0 Å². The molecular weight excluding hydrogens is 284 g/mol. The molecule has 1 aromatic carbocycles. The number of fused-ring (bicyclic) bond motifs is 1. The second-order valence-corrected chi connectivity index (χ2v) is 6.10. The standard InChI is InChI=1S/C16H16N2O2S/c1-10(19)14-9-21-16(17-14)18-15(20)13-7-6-11-4-2-3-5-12(11)8-13/h6-9H,2-5H2,1H3,(H,17,18,20). The Morgan fingerprint density at radius 1 is 1.19 bits per heavy atom. The number of benzene rings is 1. The summed E-state index contributed by atoms with van der Waals surface area (Å²) in [6, 6.07) is 5.88. The molecule has 0 radical (unpaired) electrons. The minimum absolute atomic E-state index is 0.0967. The summed E-state index contributed by atoms with van der Waals surface area (Å²) >= 11 is 1.27. The lowest BCUT2D eigenvalue weighted by Crippen LogP contribution is -2.13. The van der Waals surface area contributed by atoms with Crippen LogP contribution >= 0.6 is 11.3 Å². The number of carbonyl (C=O) groups is 2. The van der Waals surface area contributed by atoms with Gasteiger partial charge < -0.3 is 0 Å². The van der Waals surface area contributed by atoms with Crippen LogP contribution in [0.4, 0.5) is 5.13 Å². The van der Waals surface area contributed by atoms with Crippen molar-refractivity contribution in [2.24, 2.45) is 0 Å². The molecule has 4 nitrogen and oxygen atoms in total. The van der Waals surface area contributed by atoms with Gasteiger partial charge in [-0.25, -0.2) is 4.98 Å². The first-order chi connectivity index (χ1) is 10.1. The second-order valence-electron chi connectivity index (χ2n) is 5.24. The summed E-state index contributed by atoms with van der Waals surface area (Å²) in [5.74, 6) is -0.270. The smallest absolute Gasteiger partial charge is 0.257 e. The van der Waals surface area contributed by atoms with E-state index in [1.54, 1.807) is 5.38 Å². The van der Waals surface area contributed by atoms with Crippen LogP contribution in [0.2, 0.25) is 0 Å². The molecule has 5 heteroatoms. The first-order valence-electron chi connectivity index (χ1n) is 7.03. The lowest BCUT2D eigenvalue weighted by molar-refractivity contribution is 0.100. The van der Waals surface area contributed by atoms with E-state index < -0.39 is 0 Å². The van der Waals surface area contributed by atoms with Crippen LogP contribution in [0.15, 0.2) is 23.6 Å². The minimum atomic E-state index is -0.173. The van der Waals surface area contributed by atoms with Gasteiger partial charge in [0.15, 0.2) is 10.9 Å². The molecule has 0 aliphatic heterocycles. The fourth-order valence-electron chi connectivity index (χ4n) is 2.54. The third kappa shape index (κ3) is 3.03. The van der Waals surface area contributed by atoms with Gasteiger partial charge in [0.05, 0.1) is 0 Å². The van der Waals surface area contributed by atoms with Crippen LogP contribution in [0, 0.1) is 0 Å². The van der Waals surface area contributed by atoms with E-state index in [0.717, 1.165) is 12.8 Å². The molecule has 0 atom stereocenters. The summed E-state index contributed by atoms with van der Waals surface area (Å²) in [4.78, 5) is 27.6. The predicted molar refractivity (Wildman–Crippen MR) is 83.2 cm³/mol. The van der Waals surface area contributed by atoms with Gasteiger partial charge in [0.1, 0.15) is 5.69 Å². The maximum absolute atomic E-state index is 12.2. The molecular formula is C16H16N2O2S. The van der Waals surface area contributed by atoms with E-state index in [9.17, 15) is 9.59 Å². The third-order valence-electron chi connectivity index (χ3n) is 3.70. The van der Waals surface area contributed by atoms with Crippen LogP contribution in [0.3, 0.4) is 0 Å². The number of hydrogen-bond acceptors (Lipinski definition) is 4. The van der Waals surface area contributed by atoms with Gasteiger partial charge in [-0.15, -0.1) is 11.3 Å². The monoisotopic (exact) mass is 300 g/mol. The number of carbonyl (C=O) groups excluding carboxylic acids is 2. The number of anilines is 1. The van der Waals surface area contributed by atoms with Crippen LogP contribution in [0.1, 0.15) is 51.7 Å². The van der Waals surface area contributed by atoms with Gasteiger partial charge in [0, 0.05) is 17.9 Å². The predicted octanol–water partition coefficient (Wildman–Crippen LogP) is 3.48. The highest BCUT2D eigenvalue weighted by molar-refractivity contribution is 7.14. The van der Waals surface area contributed by atoms with Crippen LogP contribution in [-0.2, 0) is 12.8 Å². The van der Waals surface area contributed by atoms with Gasteiger partial charge in [0.2, 0.25) is 0 Å². The van der Waals surface area contributed by atoms with E-state index >= 15 is 0 Å². The SMILES string of the molecule is CC(=O)c1csc(NC(=O)c2ccc3c(c2)CCCC3)n1. The maximum atomic E-state index is 12.2.